The first-order valence-corrected chi connectivity index (χ1v) is 11.5. The molecule has 0 aliphatic rings. The van der Waals surface area contributed by atoms with Gasteiger partial charge in [-0.15, -0.1) is 0 Å². The quantitative estimate of drug-likeness (QED) is 0.307. The van der Waals surface area contributed by atoms with E-state index in [-0.39, 0.29) is 0 Å². The molecule has 30 heavy (non-hydrogen) atoms. The van der Waals surface area contributed by atoms with Crippen LogP contribution < -0.4 is 0 Å². The first-order valence-electron chi connectivity index (χ1n) is 11.5. The van der Waals surface area contributed by atoms with Crippen molar-refractivity contribution in [1.82, 2.24) is 0 Å². The van der Waals surface area contributed by atoms with Crippen molar-refractivity contribution in [1.29, 1.82) is 0 Å². The zero-order valence-corrected chi connectivity index (χ0v) is 19.7. The predicted octanol–water partition coefficient (Wildman–Crippen LogP) is 6.81. The molecule has 0 radical (unpaired) electrons. The largest absolute Gasteiger partial charge is 0.481 e. The van der Waals surface area contributed by atoms with Gasteiger partial charge in [-0.2, -0.15) is 0 Å². The van der Waals surface area contributed by atoms with Crippen molar-refractivity contribution < 1.29 is 19.8 Å². The maximum atomic E-state index is 11.2. The van der Waals surface area contributed by atoms with Crippen LogP contribution in [0.3, 0.4) is 0 Å². The third-order valence-electron chi connectivity index (χ3n) is 6.27. The molecule has 170 valence electrons. The molecule has 0 aromatic heterocycles. The number of hydrogen-bond acceptors (Lipinski definition) is 2. The van der Waals surface area contributed by atoms with Gasteiger partial charge in [0.1, 0.15) is 0 Å². The Morgan fingerprint density at radius 1 is 0.700 bits per heavy atom. The van der Waals surface area contributed by atoms with Crippen molar-refractivity contribution in [2.45, 2.75) is 105 Å². The smallest absolute Gasteiger partial charge is 0.309 e. The summed E-state index contributed by atoms with van der Waals surface area (Å²) in [5.41, 5.74) is 2.90. The third kappa shape index (κ3) is 9.32. The Balaban J connectivity index is 2.39. The molecule has 4 heteroatoms. The summed E-state index contributed by atoms with van der Waals surface area (Å²) in [6.45, 7) is 9.34. The van der Waals surface area contributed by atoms with Crippen LogP contribution in [0.5, 0.6) is 0 Å². The van der Waals surface area contributed by atoms with Gasteiger partial charge in [0.25, 0.3) is 0 Å². The van der Waals surface area contributed by atoms with Crippen LogP contribution in [0.25, 0.3) is 0 Å². The standard InChI is InChI=1S/C26H42O4/c1-20-15-16-21(13-10-8-12-18-26(4,5)24(29)30)22(19-20)14-9-6-7-11-17-25(2,3)23(27)28/h15-16,19H,6-14,17-18H2,1-5H3,(H,27,28)(H,29,30). The number of aliphatic carboxylic acids is 2. The van der Waals surface area contributed by atoms with Gasteiger partial charge in [0.2, 0.25) is 0 Å². The van der Waals surface area contributed by atoms with E-state index < -0.39 is 22.8 Å². The van der Waals surface area contributed by atoms with Gasteiger partial charge in [0.05, 0.1) is 10.8 Å². The fourth-order valence-corrected chi connectivity index (χ4v) is 3.74. The molecule has 1 aromatic rings. The molecular weight excluding hydrogens is 376 g/mol. The number of hydrogen-bond donors (Lipinski definition) is 2. The van der Waals surface area contributed by atoms with E-state index in [9.17, 15) is 19.8 Å². The van der Waals surface area contributed by atoms with Crippen LogP contribution in [0.1, 0.15) is 102 Å². The second-order valence-electron chi connectivity index (χ2n) is 10.1. The zero-order valence-electron chi connectivity index (χ0n) is 19.7. The molecule has 0 heterocycles. The van der Waals surface area contributed by atoms with Crippen LogP contribution in [0.4, 0.5) is 0 Å². The fraction of sp³-hybridized carbons (Fsp3) is 0.692. The maximum absolute atomic E-state index is 11.2. The van der Waals surface area contributed by atoms with Crippen molar-refractivity contribution in [3.05, 3.63) is 34.9 Å². The molecule has 0 saturated carbocycles. The molecule has 0 unspecified atom stereocenters. The monoisotopic (exact) mass is 418 g/mol. The Kier molecular flexibility index (Phi) is 10.6. The van der Waals surface area contributed by atoms with Crippen molar-refractivity contribution in [3.63, 3.8) is 0 Å². The van der Waals surface area contributed by atoms with Crippen LogP contribution in [-0.2, 0) is 22.4 Å². The van der Waals surface area contributed by atoms with Crippen molar-refractivity contribution in [2.24, 2.45) is 10.8 Å². The molecule has 0 fully saturated rings. The average Bonchev–Trinajstić information content (AvgIpc) is 2.65. The minimum absolute atomic E-state index is 0.622. The van der Waals surface area contributed by atoms with Crippen molar-refractivity contribution in [3.8, 4) is 0 Å². The van der Waals surface area contributed by atoms with Gasteiger partial charge in [-0.25, -0.2) is 0 Å². The number of benzene rings is 1. The Morgan fingerprint density at radius 2 is 1.13 bits per heavy atom. The number of rotatable bonds is 15. The zero-order chi connectivity index (χ0) is 22.8. The second-order valence-corrected chi connectivity index (χ2v) is 10.1. The summed E-state index contributed by atoms with van der Waals surface area (Å²) >= 11 is 0. The van der Waals surface area contributed by atoms with E-state index in [4.69, 9.17) is 0 Å². The highest BCUT2D eigenvalue weighted by Crippen LogP contribution is 2.26. The predicted molar refractivity (Wildman–Crippen MR) is 123 cm³/mol. The summed E-state index contributed by atoms with van der Waals surface area (Å²) in [6.07, 6.45) is 11.0. The molecule has 0 aliphatic carbocycles. The Bertz CT molecular complexity index is 688. The summed E-state index contributed by atoms with van der Waals surface area (Å²) in [6, 6.07) is 6.73. The number of unbranched alkanes of at least 4 members (excludes halogenated alkanes) is 5. The van der Waals surface area contributed by atoms with E-state index in [2.05, 4.69) is 25.1 Å². The van der Waals surface area contributed by atoms with Gasteiger partial charge >= 0.3 is 11.9 Å². The molecule has 0 spiro atoms. The van der Waals surface area contributed by atoms with E-state index in [1.165, 1.54) is 16.7 Å². The van der Waals surface area contributed by atoms with Gasteiger partial charge in [-0.1, -0.05) is 55.9 Å². The Labute approximate surface area is 183 Å². The average molecular weight is 419 g/mol. The van der Waals surface area contributed by atoms with Gasteiger partial charge in [-0.3, -0.25) is 9.59 Å². The first kappa shape index (κ1) is 26.2. The Morgan fingerprint density at radius 3 is 1.63 bits per heavy atom. The van der Waals surface area contributed by atoms with Gasteiger partial charge < -0.3 is 10.2 Å². The molecule has 1 aromatic carbocycles. The highest BCUT2D eigenvalue weighted by Gasteiger charge is 2.26. The van der Waals surface area contributed by atoms with Gasteiger partial charge in [-0.05, 0) is 84.3 Å². The molecule has 4 nitrogen and oxygen atoms in total. The minimum atomic E-state index is -0.713. The summed E-state index contributed by atoms with van der Waals surface area (Å²) < 4.78 is 0. The molecule has 1 rings (SSSR count). The van der Waals surface area contributed by atoms with Crippen LogP contribution in [0.2, 0.25) is 0 Å². The lowest BCUT2D eigenvalue weighted by Crippen LogP contribution is -2.23. The maximum Gasteiger partial charge on any atom is 0.309 e. The van der Waals surface area contributed by atoms with Crippen LogP contribution in [-0.4, -0.2) is 22.2 Å². The van der Waals surface area contributed by atoms with Crippen molar-refractivity contribution >= 4 is 11.9 Å². The first-order chi connectivity index (χ1) is 14.0. The normalized spacial score (nSPS) is 12.2. The summed E-state index contributed by atoms with van der Waals surface area (Å²) in [5, 5.41) is 18.4. The molecule has 0 atom stereocenters. The van der Waals surface area contributed by atoms with Crippen LogP contribution >= 0.6 is 0 Å². The van der Waals surface area contributed by atoms with E-state index in [1.807, 2.05) is 0 Å². The van der Waals surface area contributed by atoms with E-state index in [1.54, 1.807) is 27.7 Å². The molecule has 2 N–H and O–H groups in total. The van der Waals surface area contributed by atoms with E-state index in [0.29, 0.717) is 0 Å². The SMILES string of the molecule is Cc1ccc(CCCCCC(C)(C)C(=O)O)c(CCCCCCC(C)(C)C(=O)O)c1. The lowest BCUT2D eigenvalue weighted by Gasteiger charge is -2.18. The molecule has 0 amide bonds. The number of carbonyl (C=O) groups is 2. The lowest BCUT2D eigenvalue weighted by atomic mass is 9.86. The van der Waals surface area contributed by atoms with Gasteiger partial charge in [0.15, 0.2) is 0 Å². The van der Waals surface area contributed by atoms with Crippen LogP contribution in [0.15, 0.2) is 18.2 Å². The number of carboxylic acid groups (broad SMARTS) is 2. The topological polar surface area (TPSA) is 74.6 Å². The summed E-state index contributed by atoms with van der Waals surface area (Å²) in [5.74, 6) is -1.42. The summed E-state index contributed by atoms with van der Waals surface area (Å²) in [4.78, 5) is 22.4. The highest BCUT2D eigenvalue weighted by molar-refractivity contribution is 5.73. The molecule has 0 saturated heterocycles. The van der Waals surface area contributed by atoms with Crippen LogP contribution in [0, 0.1) is 17.8 Å². The van der Waals surface area contributed by atoms with E-state index in [0.717, 1.165) is 70.6 Å². The summed E-state index contributed by atoms with van der Waals surface area (Å²) in [7, 11) is 0. The fourth-order valence-electron chi connectivity index (χ4n) is 3.74. The Hall–Kier alpha value is -1.84. The number of carboxylic acids is 2. The molecule has 0 bridgehead atoms. The third-order valence-corrected chi connectivity index (χ3v) is 6.27. The highest BCUT2D eigenvalue weighted by atomic mass is 16.4. The minimum Gasteiger partial charge on any atom is -0.481 e. The number of aryl methyl sites for hydroxylation is 3. The second kappa shape index (κ2) is 12.1. The molecular formula is C26H42O4. The lowest BCUT2D eigenvalue weighted by molar-refractivity contribution is -0.148. The van der Waals surface area contributed by atoms with E-state index >= 15 is 0 Å². The molecule has 0 aliphatic heterocycles. The van der Waals surface area contributed by atoms with Gasteiger partial charge in [0, 0.05) is 0 Å². The van der Waals surface area contributed by atoms with Crippen molar-refractivity contribution in [2.75, 3.05) is 0 Å².